The van der Waals surface area contributed by atoms with Gasteiger partial charge in [-0.15, -0.1) is 11.3 Å². The highest BCUT2D eigenvalue weighted by Gasteiger charge is 2.25. The molecule has 2 aromatic rings. The number of rotatable bonds is 9. The Bertz CT molecular complexity index is 981. The van der Waals surface area contributed by atoms with Crippen LogP contribution in [-0.4, -0.2) is 25.6 Å². The summed E-state index contributed by atoms with van der Waals surface area (Å²) < 4.78 is 36.7. The van der Waals surface area contributed by atoms with Gasteiger partial charge in [-0.1, -0.05) is 39.8 Å². The summed E-state index contributed by atoms with van der Waals surface area (Å²) in [6.07, 6.45) is 3.48. The standard InChI is InChI=1S/C26H32F2O3S/c1-7-18-14-20(25(31-16-23(27)28)21(15-18)26(4,5)6)19-11-12-32-22(19)10-9-17(3)13-24(29)30-8-2/h9-15,23H,7-8,16H2,1-6H3/b10-9+,17-13+. The van der Waals surface area contributed by atoms with Crippen LogP contribution in [0, 0.1) is 0 Å². The second-order valence-electron chi connectivity index (χ2n) is 8.50. The fourth-order valence-electron chi connectivity index (χ4n) is 3.25. The van der Waals surface area contributed by atoms with Crippen molar-refractivity contribution in [2.24, 2.45) is 0 Å². The number of alkyl halides is 2. The number of halogens is 2. The van der Waals surface area contributed by atoms with Gasteiger partial charge in [0.1, 0.15) is 12.4 Å². The quantitative estimate of drug-likeness (QED) is 0.221. The van der Waals surface area contributed by atoms with Gasteiger partial charge < -0.3 is 9.47 Å². The van der Waals surface area contributed by atoms with Crippen molar-refractivity contribution in [2.75, 3.05) is 13.2 Å². The maximum absolute atomic E-state index is 13.0. The molecule has 0 amide bonds. The molecule has 3 nitrogen and oxygen atoms in total. The minimum atomic E-state index is -2.56. The fraction of sp³-hybridized carbons (Fsp3) is 0.423. The van der Waals surface area contributed by atoms with E-state index in [9.17, 15) is 13.6 Å². The van der Waals surface area contributed by atoms with Crippen LogP contribution in [-0.2, 0) is 21.4 Å². The topological polar surface area (TPSA) is 35.5 Å². The van der Waals surface area contributed by atoms with Crippen LogP contribution in [0.15, 0.2) is 41.3 Å². The van der Waals surface area contributed by atoms with Gasteiger partial charge in [0.25, 0.3) is 6.43 Å². The third-order valence-corrected chi connectivity index (χ3v) is 5.72. The summed E-state index contributed by atoms with van der Waals surface area (Å²) in [6.45, 7) is 11.5. The molecule has 1 heterocycles. The maximum Gasteiger partial charge on any atom is 0.330 e. The van der Waals surface area contributed by atoms with Crippen LogP contribution in [0.2, 0.25) is 0 Å². The molecule has 0 fully saturated rings. The Labute approximate surface area is 193 Å². The summed E-state index contributed by atoms with van der Waals surface area (Å²) in [5.74, 6) is 0.121. The van der Waals surface area contributed by atoms with E-state index in [1.54, 1.807) is 18.3 Å². The first-order valence-corrected chi connectivity index (χ1v) is 11.6. The summed E-state index contributed by atoms with van der Waals surface area (Å²) in [5, 5.41) is 1.96. The number of thiophene rings is 1. The Morgan fingerprint density at radius 1 is 1.19 bits per heavy atom. The lowest BCUT2D eigenvalue weighted by molar-refractivity contribution is -0.137. The van der Waals surface area contributed by atoms with Crippen LogP contribution in [0.3, 0.4) is 0 Å². The number of hydrogen-bond donors (Lipinski definition) is 0. The van der Waals surface area contributed by atoms with Crippen LogP contribution in [0.1, 0.15) is 57.5 Å². The molecule has 0 spiro atoms. The molecule has 0 unspecified atom stereocenters. The number of ether oxygens (including phenoxy) is 2. The fourth-order valence-corrected chi connectivity index (χ4v) is 4.05. The highest BCUT2D eigenvalue weighted by molar-refractivity contribution is 7.11. The Hall–Kier alpha value is -2.47. The van der Waals surface area contributed by atoms with Crippen molar-refractivity contribution in [2.45, 2.75) is 59.8 Å². The predicted molar refractivity (Wildman–Crippen MR) is 129 cm³/mol. The summed E-state index contributed by atoms with van der Waals surface area (Å²) in [4.78, 5) is 12.6. The third-order valence-electron chi connectivity index (χ3n) is 4.83. The summed E-state index contributed by atoms with van der Waals surface area (Å²) >= 11 is 1.54. The molecule has 0 atom stereocenters. The summed E-state index contributed by atoms with van der Waals surface area (Å²) in [7, 11) is 0. The second-order valence-corrected chi connectivity index (χ2v) is 9.45. The normalized spacial score (nSPS) is 12.6. The average Bonchev–Trinajstić information content (AvgIpc) is 3.18. The number of allylic oxidation sites excluding steroid dienone is 2. The molecule has 32 heavy (non-hydrogen) atoms. The van der Waals surface area contributed by atoms with Gasteiger partial charge in [-0.2, -0.15) is 0 Å². The highest BCUT2D eigenvalue weighted by Crippen LogP contribution is 2.43. The van der Waals surface area contributed by atoms with E-state index in [4.69, 9.17) is 9.47 Å². The molecular weight excluding hydrogens is 430 g/mol. The van der Waals surface area contributed by atoms with E-state index < -0.39 is 13.0 Å². The molecule has 0 saturated carbocycles. The van der Waals surface area contributed by atoms with Crippen molar-refractivity contribution in [3.63, 3.8) is 0 Å². The first kappa shape index (κ1) is 25.8. The molecule has 2 rings (SSSR count). The zero-order valence-electron chi connectivity index (χ0n) is 19.6. The van der Waals surface area contributed by atoms with Crippen LogP contribution in [0.4, 0.5) is 8.78 Å². The van der Waals surface area contributed by atoms with Gasteiger partial charge in [-0.3, -0.25) is 0 Å². The summed E-state index contributed by atoms with van der Waals surface area (Å²) in [6, 6.07) is 6.06. The van der Waals surface area contributed by atoms with E-state index in [0.29, 0.717) is 12.4 Å². The minimum absolute atomic E-state index is 0.275. The van der Waals surface area contributed by atoms with Crippen molar-refractivity contribution >= 4 is 23.4 Å². The van der Waals surface area contributed by atoms with Crippen LogP contribution < -0.4 is 4.74 Å². The zero-order valence-corrected chi connectivity index (χ0v) is 20.4. The number of aryl methyl sites for hydroxylation is 1. The van der Waals surface area contributed by atoms with Crippen molar-refractivity contribution in [1.82, 2.24) is 0 Å². The summed E-state index contributed by atoms with van der Waals surface area (Å²) in [5.41, 5.74) is 4.24. The Balaban J connectivity index is 2.57. The van der Waals surface area contributed by atoms with Crippen molar-refractivity contribution in [1.29, 1.82) is 0 Å². The molecule has 174 valence electrons. The Kier molecular flexibility index (Phi) is 9.20. The Morgan fingerprint density at radius 3 is 2.50 bits per heavy atom. The third kappa shape index (κ3) is 7.02. The van der Waals surface area contributed by atoms with Gasteiger partial charge in [0, 0.05) is 27.6 Å². The van der Waals surface area contributed by atoms with Gasteiger partial charge >= 0.3 is 5.97 Å². The lowest BCUT2D eigenvalue weighted by Gasteiger charge is -2.26. The molecule has 0 radical (unpaired) electrons. The molecule has 0 bridgehead atoms. The number of carbonyl (C=O) groups excluding carboxylic acids is 1. The lowest BCUT2D eigenvalue weighted by atomic mass is 9.82. The molecule has 0 aliphatic rings. The molecular formula is C26H32F2O3S. The molecule has 0 saturated heterocycles. The van der Waals surface area contributed by atoms with Gasteiger partial charge in [0.05, 0.1) is 6.61 Å². The molecule has 1 aromatic heterocycles. The predicted octanol–water partition coefficient (Wildman–Crippen LogP) is 7.44. The first-order valence-electron chi connectivity index (χ1n) is 10.8. The van der Waals surface area contributed by atoms with Crippen molar-refractivity contribution in [3.8, 4) is 16.9 Å². The maximum atomic E-state index is 13.0. The van der Waals surface area contributed by atoms with E-state index in [2.05, 4.69) is 33.8 Å². The van der Waals surface area contributed by atoms with Gasteiger partial charge in [-0.25, -0.2) is 13.6 Å². The van der Waals surface area contributed by atoms with Gasteiger partial charge in [-0.05, 0) is 60.4 Å². The van der Waals surface area contributed by atoms with Crippen molar-refractivity contribution in [3.05, 3.63) is 57.3 Å². The van der Waals surface area contributed by atoms with Crippen LogP contribution in [0.25, 0.3) is 17.2 Å². The molecule has 0 aliphatic carbocycles. The van der Waals surface area contributed by atoms with Crippen LogP contribution in [0.5, 0.6) is 5.75 Å². The van der Waals surface area contributed by atoms with Gasteiger partial charge in [0.2, 0.25) is 0 Å². The average molecular weight is 463 g/mol. The lowest BCUT2D eigenvalue weighted by Crippen LogP contribution is -2.17. The molecule has 0 aliphatic heterocycles. The number of benzene rings is 1. The van der Waals surface area contributed by atoms with E-state index in [-0.39, 0.29) is 11.4 Å². The number of carbonyl (C=O) groups is 1. The minimum Gasteiger partial charge on any atom is -0.487 e. The molecule has 0 N–H and O–H groups in total. The van der Waals surface area contributed by atoms with E-state index >= 15 is 0 Å². The highest BCUT2D eigenvalue weighted by atomic mass is 32.1. The number of hydrogen-bond acceptors (Lipinski definition) is 4. The largest absolute Gasteiger partial charge is 0.487 e. The molecule has 6 heteroatoms. The van der Waals surface area contributed by atoms with Gasteiger partial charge in [0.15, 0.2) is 0 Å². The van der Waals surface area contributed by atoms with Crippen molar-refractivity contribution < 1.29 is 23.0 Å². The second kappa shape index (κ2) is 11.4. The molecule has 1 aromatic carbocycles. The Morgan fingerprint density at radius 2 is 1.91 bits per heavy atom. The van der Waals surface area contributed by atoms with E-state index in [1.165, 1.54) is 6.08 Å². The van der Waals surface area contributed by atoms with Crippen LogP contribution >= 0.6 is 11.3 Å². The van der Waals surface area contributed by atoms with E-state index in [1.807, 2.05) is 36.6 Å². The first-order chi connectivity index (χ1) is 15.1. The SMILES string of the molecule is CCOC(=O)/C=C(C)/C=C/c1sccc1-c1cc(CC)cc(C(C)(C)C)c1OCC(F)F. The van der Waals surface area contributed by atoms with E-state index in [0.717, 1.165) is 39.1 Å². The smallest absolute Gasteiger partial charge is 0.330 e. The monoisotopic (exact) mass is 462 g/mol. The number of esters is 1. The zero-order chi connectivity index (χ0) is 23.9.